The number of rotatable bonds is 7. The third-order valence-corrected chi connectivity index (χ3v) is 9.14. The Morgan fingerprint density at radius 2 is 1.68 bits per heavy atom. The Balaban J connectivity index is 1.54. The summed E-state index contributed by atoms with van der Waals surface area (Å²) in [7, 11) is -2.37. The Labute approximate surface area is 216 Å². The first-order chi connectivity index (χ1) is 17.7. The lowest BCUT2D eigenvalue weighted by atomic mass is 9.70. The molecule has 1 heterocycles. The van der Waals surface area contributed by atoms with E-state index in [1.807, 2.05) is 36.4 Å². The average molecular weight is 524 g/mol. The van der Waals surface area contributed by atoms with Gasteiger partial charge in [0.05, 0.1) is 17.7 Å². The van der Waals surface area contributed by atoms with Gasteiger partial charge in [-0.15, -0.1) is 0 Å². The molecule has 0 radical (unpaired) electrons. The van der Waals surface area contributed by atoms with E-state index in [0.717, 1.165) is 60.6 Å². The van der Waals surface area contributed by atoms with E-state index in [2.05, 4.69) is 6.07 Å². The Hall–Kier alpha value is -3.72. The van der Waals surface area contributed by atoms with Gasteiger partial charge in [-0.25, -0.2) is 13.2 Å². The molecule has 1 spiro atoms. The number of phenolic OH excluding ortho intramolecular Hbond substituents is 1. The van der Waals surface area contributed by atoms with Crippen LogP contribution in [0.15, 0.2) is 65.6 Å². The van der Waals surface area contributed by atoms with Crippen LogP contribution < -0.4 is 13.8 Å². The molecule has 2 N–H and O–H groups in total. The summed E-state index contributed by atoms with van der Waals surface area (Å²) in [6, 6.07) is 17.5. The van der Waals surface area contributed by atoms with Crippen molar-refractivity contribution >= 4 is 21.7 Å². The van der Waals surface area contributed by atoms with E-state index in [9.17, 15) is 18.3 Å². The molecule has 0 aromatic heterocycles. The van der Waals surface area contributed by atoms with E-state index in [0.29, 0.717) is 12.2 Å². The predicted molar refractivity (Wildman–Crippen MR) is 139 cm³/mol. The van der Waals surface area contributed by atoms with Crippen LogP contribution in [-0.4, -0.2) is 44.9 Å². The fraction of sp³-hybridized carbons (Fsp3) is 0.321. The standard InChI is InChI=1S/C28H29NO7S/c1-35-21-8-5-19(6-9-21)20-7-11-24-23(15-20)28(13-3-2-4-14-28)18-29(24)37(33,34)22-10-12-26(25(30)16-22)36-17-27(31)32/h5-12,15-16,30H,2-4,13-14,17-18H2,1H3,(H,31,32). The van der Waals surface area contributed by atoms with Crippen molar-refractivity contribution in [3.63, 3.8) is 0 Å². The van der Waals surface area contributed by atoms with Gasteiger partial charge in [-0.1, -0.05) is 37.5 Å². The van der Waals surface area contributed by atoms with Crippen LogP contribution in [-0.2, 0) is 20.2 Å². The van der Waals surface area contributed by atoms with Crippen LogP contribution in [0.1, 0.15) is 37.7 Å². The summed E-state index contributed by atoms with van der Waals surface area (Å²) in [5.41, 5.74) is 3.47. The number of sulfonamides is 1. The van der Waals surface area contributed by atoms with Crippen LogP contribution in [0.25, 0.3) is 11.1 Å². The second-order valence-electron chi connectivity index (χ2n) is 9.63. The molecule has 3 aromatic carbocycles. The molecular formula is C28H29NO7S. The zero-order valence-electron chi connectivity index (χ0n) is 20.5. The van der Waals surface area contributed by atoms with Gasteiger partial charge in [-0.05, 0) is 65.9 Å². The van der Waals surface area contributed by atoms with Gasteiger partial charge in [-0.2, -0.15) is 0 Å². The van der Waals surface area contributed by atoms with Crippen LogP contribution in [0.4, 0.5) is 5.69 Å². The maximum absolute atomic E-state index is 13.8. The molecule has 1 aliphatic heterocycles. The lowest BCUT2D eigenvalue weighted by molar-refractivity contribution is -0.139. The number of methoxy groups -OCH3 is 1. The number of ether oxygens (including phenoxy) is 2. The number of aliphatic carboxylic acids is 1. The topological polar surface area (TPSA) is 113 Å². The van der Waals surface area contributed by atoms with Gasteiger partial charge >= 0.3 is 5.97 Å². The van der Waals surface area contributed by atoms with Crippen molar-refractivity contribution in [2.45, 2.75) is 42.4 Å². The summed E-state index contributed by atoms with van der Waals surface area (Å²) in [6.07, 6.45) is 5.03. The average Bonchev–Trinajstić information content (AvgIpc) is 3.22. The molecule has 1 fully saturated rings. The maximum atomic E-state index is 13.8. The Morgan fingerprint density at radius 3 is 2.32 bits per heavy atom. The molecule has 0 unspecified atom stereocenters. The van der Waals surface area contributed by atoms with E-state index in [1.165, 1.54) is 16.4 Å². The lowest BCUT2D eigenvalue weighted by Crippen LogP contribution is -2.38. The minimum Gasteiger partial charge on any atom is -0.504 e. The van der Waals surface area contributed by atoms with E-state index < -0.39 is 28.3 Å². The summed E-state index contributed by atoms with van der Waals surface area (Å²) in [4.78, 5) is 10.7. The Bertz CT molecular complexity index is 1430. The van der Waals surface area contributed by atoms with E-state index >= 15 is 0 Å². The molecule has 194 valence electrons. The number of carbonyl (C=O) groups is 1. The number of nitrogens with zero attached hydrogens (tertiary/aromatic N) is 1. The number of anilines is 1. The first-order valence-electron chi connectivity index (χ1n) is 12.2. The molecule has 9 heteroatoms. The van der Waals surface area contributed by atoms with Gasteiger partial charge in [0.1, 0.15) is 5.75 Å². The van der Waals surface area contributed by atoms with Gasteiger partial charge in [0.25, 0.3) is 10.0 Å². The molecule has 0 amide bonds. The van der Waals surface area contributed by atoms with Crippen LogP contribution in [0, 0.1) is 0 Å². The first kappa shape index (κ1) is 25.0. The zero-order valence-corrected chi connectivity index (χ0v) is 21.3. The zero-order chi connectivity index (χ0) is 26.2. The molecule has 37 heavy (non-hydrogen) atoms. The second kappa shape index (κ2) is 9.63. The third kappa shape index (κ3) is 4.59. The number of aromatic hydroxyl groups is 1. The minimum atomic E-state index is -4.00. The number of hydrogen-bond donors (Lipinski definition) is 2. The molecule has 0 bridgehead atoms. The van der Waals surface area contributed by atoms with Crippen molar-refractivity contribution in [3.05, 3.63) is 66.2 Å². The van der Waals surface area contributed by atoms with E-state index in [1.54, 1.807) is 7.11 Å². The Morgan fingerprint density at radius 1 is 0.973 bits per heavy atom. The molecule has 0 atom stereocenters. The number of hydrogen-bond acceptors (Lipinski definition) is 6. The summed E-state index contributed by atoms with van der Waals surface area (Å²) in [5, 5.41) is 19.1. The number of benzene rings is 3. The largest absolute Gasteiger partial charge is 0.504 e. The van der Waals surface area contributed by atoms with Crippen LogP contribution >= 0.6 is 0 Å². The minimum absolute atomic E-state index is 0.0780. The highest BCUT2D eigenvalue weighted by Crippen LogP contribution is 2.52. The molecule has 0 saturated heterocycles. The number of carboxylic acid groups (broad SMARTS) is 1. The van der Waals surface area contributed by atoms with Gasteiger partial charge in [0.15, 0.2) is 18.1 Å². The summed E-state index contributed by atoms with van der Waals surface area (Å²) < 4.78 is 39.5. The van der Waals surface area contributed by atoms with E-state index in [-0.39, 0.29) is 16.1 Å². The van der Waals surface area contributed by atoms with Gasteiger partial charge in [0.2, 0.25) is 0 Å². The van der Waals surface area contributed by atoms with Gasteiger partial charge in [0, 0.05) is 18.0 Å². The Kier molecular flexibility index (Phi) is 6.49. The third-order valence-electron chi connectivity index (χ3n) is 7.39. The monoisotopic (exact) mass is 523 g/mol. The lowest BCUT2D eigenvalue weighted by Gasteiger charge is -2.34. The SMILES string of the molecule is COc1ccc(-c2ccc3c(c2)C2(CCCCC2)CN3S(=O)(=O)c2ccc(OCC(=O)O)c(O)c2)cc1. The molecule has 2 aliphatic rings. The van der Waals surface area contributed by atoms with Crippen LogP contribution in [0.5, 0.6) is 17.2 Å². The quantitative estimate of drug-likeness (QED) is 0.451. The molecule has 8 nitrogen and oxygen atoms in total. The fourth-order valence-corrected chi connectivity index (χ4v) is 7.09. The van der Waals surface area contributed by atoms with Crippen molar-refractivity contribution in [1.82, 2.24) is 0 Å². The predicted octanol–water partition coefficient (Wildman–Crippen LogP) is 4.94. The van der Waals surface area contributed by atoms with Crippen molar-refractivity contribution in [1.29, 1.82) is 0 Å². The number of carboxylic acids is 1. The molecule has 3 aromatic rings. The van der Waals surface area contributed by atoms with Crippen LogP contribution in [0.2, 0.25) is 0 Å². The summed E-state index contributed by atoms with van der Waals surface area (Å²) >= 11 is 0. The summed E-state index contributed by atoms with van der Waals surface area (Å²) in [6.45, 7) is -0.299. The number of fused-ring (bicyclic) bond motifs is 2. The second-order valence-corrected chi connectivity index (χ2v) is 11.5. The van der Waals surface area contributed by atoms with Crippen LogP contribution in [0.3, 0.4) is 0 Å². The maximum Gasteiger partial charge on any atom is 0.341 e. The van der Waals surface area contributed by atoms with Crippen molar-refractivity contribution in [2.24, 2.45) is 0 Å². The summed E-state index contributed by atoms with van der Waals surface area (Å²) in [5.74, 6) is -0.940. The molecule has 1 saturated carbocycles. The van der Waals surface area contributed by atoms with Crippen molar-refractivity contribution in [3.8, 4) is 28.4 Å². The molecule has 1 aliphatic carbocycles. The van der Waals surface area contributed by atoms with Gasteiger partial charge < -0.3 is 19.7 Å². The smallest absolute Gasteiger partial charge is 0.341 e. The highest BCUT2D eigenvalue weighted by atomic mass is 32.2. The number of phenols is 1. The fourth-order valence-electron chi connectivity index (χ4n) is 5.50. The van der Waals surface area contributed by atoms with Gasteiger partial charge in [-0.3, -0.25) is 4.31 Å². The van der Waals surface area contributed by atoms with Crippen molar-refractivity contribution < 1.29 is 32.9 Å². The highest BCUT2D eigenvalue weighted by Gasteiger charge is 2.47. The molecule has 5 rings (SSSR count). The normalized spacial score (nSPS) is 16.4. The first-order valence-corrected chi connectivity index (χ1v) is 13.7. The van der Waals surface area contributed by atoms with E-state index in [4.69, 9.17) is 14.6 Å². The molecular weight excluding hydrogens is 494 g/mol. The van der Waals surface area contributed by atoms with Crippen molar-refractivity contribution in [2.75, 3.05) is 24.6 Å². The highest BCUT2D eigenvalue weighted by molar-refractivity contribution is 7.92.